The summed E-state index contributed by atoms with van der Waals surface area (Å²) in [6, 6.07) is 7.46. The van der Waals surface area contributed by atoms with E-state index in [-0.39, 0.29) is 17.7 Å². The van der Waals surface area contributed by atoms with Crippen LogP contribution in [0.4, 0.5) is 5.69 Å². The minimum atomic E-state index is -0.229. The number of nitrogens with zero attached hydrogens (tertiary/aromatic N) is 2. The molecule has 1 amide bonds. The van der Waals surface area contributed by atoms with Gasteiger partial charge in [0.1, 0.15) is 12.3 Å². The van der Waals surface area contributed by atoms with Gasteiger partial charge in [-0.15, -0.1) is 0 Å². The topological polar surface area (TPSA) is 93.5 Å². The van der Waals surface area contributed by atoms with Crippen molar-refractivity contribution in [1.29, 1.82) is 0 Å². The van der Waals surface area contributed by atoms with Crippen LogP contribution in [-0.4, -0.2) is 47.3 Å². The average Bonchev–Trinajstić information content (AvgIpc) is 2.92. The van der Waals surface area contributed by atoms with Gasteiger partial charge in [0.2, 0.25) is 0 Å². The van der Waals surface area contributed by atoms with Crippen molar-refractivity contribution in [2.24, 2.45) is 0 Å². The molecular formula is C14H16N4O3. The number of carbonyl (C=O) groups is 1. The molecule has 2 aromatic rings. The highest BCUT2D eigenvalue weighted by molar-refractivity contribution is 5.96. The van der Waals surface area contributed by atoms with Gasteiger partial charge < -0.3 is 20.1 Å². The van der Waals surface area contributed by atoms with Crippen molar-refractivity contribution >= 4 is 11.6 Å². The number of benzene rings is 1. The number of para-hydroxylation sites is 2. The van der Waals surface area contributed by atoms with Gasteiger partial charge in [-0.3, -0.25) is 9.89 Å². The average molecular weight is 288 g/mol. The molecule has 7 nitrogen and oxygen atoms in total. The van der Waals surface area contributed by atoms with Gasteiger partial charge in [0.15, 0.2) is 17.6 Å². The second kappa shape index (κ2) is 5.35. The number of H-pyrrole nitrogens is 1. The SMILES string of the molecule is CN(CC1COc2ccccc2O1)C(=O)c1[nH]ncc1N. The molecule has 21 heavy (non-hydrogen) atoms. The summed E-state index contributed by atoms with van der Waals surface area (Å²) in [4.78, 5) is 13.8. The molecule has 0 aliphatic carbocycles. The van der Waals surface area contributed by atoms with E-state index < -0.39 is 0 Å². The van der Waals surface area contributed by atoms with Crippen LogP contribution >= 0.6 is 0 Å². The second-order valence-corrected chi connectivity index (χ2v) is 4.88. The first-order chi connectivity index (χ1) is 10.1. The van der Waals surface area contributed by atoms with Crippen LogP contribution in [0.25, 0.3) is 0 Å². The molecule has 0 saturated heterocycles. The van der Waals surface area contributed by atoms with E-state index in [0.29, 0.717) is 24.6 Å². The normalized spacial score (nSPS) is 16.5. The van der Waals surface area contributed by atoms with E-state index in [1.54, 1.807) is 7.05 Å². The van der Waals surface area contributed by atoms with Crippen molar-refractivity contribution in [3.05, 3.63) is 36.2 Å². The van der Waals surface area contributed by atoms with Crippen molar-refractivity contribution in [3.8, 4) is 11.5 Å². The van der Waals surface area contributed by atoms with Crippen molar-refractivity contribution in [2.45, 2.75) is 6.10 Å². The number of anilines is 1. The Labute approximate surface area is 121 Å². The molecule has 1 aromatic heterocycles. The fourth-order valence-electron chi connectivity index (χ4n) is 2.20. The first kappa shape index (κ1) is 13.3. The Bertz CT molecular complexity index is 655. The fourth-order valence-corrected chi connectivity index (χ4v) is 2.20. The predicted molar refractivity (Wildman–Crippen MR) is 76.3 cm³/mol. The minimum absolute atomic E-state index is 0.224. The number of hydrogen-bond acceptors (Lipinski definition) is 5. The van der Waals surface area contributed by atoms with Gasteiger partial charge in [-0.05, 0) is 12.1 Å². The molecule has 0 saturated carbocycles. The van der Waals surface area contributed by atoms with Crippen LogP contribution in [0.2, 0.25) is 0 Å². The third-order valence-electron chi connectivity index (χ3n) is 3.27. The molecule has 3 rings (SSSR count). The van der Waals surface area contributed by atoms with E-state index in [2.05, 4.69) is 10.2 Å². The number of likely N-dealkylation sites (N-methyl/N-ethyl adjacent to an activating group) is 1. The van der Waals surface area contributed by atoms with Crippen LogP contribution in [0.15, 0.2) is 30.5 Å². The number of carbonyl (C=O) groups excluding carboxylic acids is 1. The number of nitrogen functional groups attached to an aromatic ring is 1. The quantitative estimate of drug-likeness (QED) is 0.875. The van der Waals surface area contributed by atoms with E-state index in [0.717, 1.165) is 5.75 Å². The highest BCUT2D eigenvalue weighted by atomic mass is 16.6. The number of amides is 1. The number of aromatic amines is 1. The molecule has 1 aliphatic rings. The number of fused-ring (bicyclic) bond motifs is 1. The lowest BCUT2D eigenvalue weighted by atomic mass is 10.2. The summed E-state index contributed by atoms with van der Waals surface area (Å²) in [5.74, 6) is 1.18. The highest BCUT2D eigenvalue weighted by Crippen LogP contribution is 2.31. The molecule has 3 N–H and O–H groups in total. The second-order valence-electron chi connectivity index (χ2n) is 4.88. The Morgan fingerprint density at radius 2 is 2.24 bits per heavy atom. The molecule has 1 aliphatic heterocycles. The van der Waals surface area contributed by atoms with Gasteiger partial charge in [0, 0.05) is 7.05 Å². The zero-order valence-corrected chi connectivity index (χ0v) is 11.6. The Kier molecular flexibility index (Phi) is 3.39. The smallest absolute Gasteiger partial charge is 0.273 e. The van der Waals surface area contributed by atoms with Crippen LogP contribution in [0.3, 0.4) is 0 Å². The Morgan fingerprint density at radius 1 is 1.48 bits per heavy atom. The lowest BCUT2D eigenvalue weighted by Gasteiger charge is -2.29. The molecule has 7 heteroatoms. The molecule has 2 heterocycles. The molecule has 1 aromatic carbocycles. The first-order valence-corrected chi connectivity index (χ1v) is 6.58. The van der Waals surface area contributed by atoms with E-state index >= 15 is 0 Å². The monoisotopic (exact) mass is 288 g/mol. The van der Waals surface area contributed by atoms with Crippen molar-refractivity contribution in [3.63, 3.8) is 0 Å². The van der Waals surface area contributed by atoms with Gasteiger partial charge >= 0.3 is 0 Å². The maximum absolute atomic E-state index is 12.2. The molecule has 0 bridgehead atoms. The maximum atomic E-state index is 12.2. The van der Waals surface area contributed by atoms with E-state index in [4.69, 9.17) is 15.2 Å². The molecule has 0 fully saturated rings. The summed E-state index contributed by atoms with van der Waals surface area (Å²) in [5, 5.41) is 6.35. The Balaban J connectivity index is 1.65. The molecule has 1 atom stereocenters. The third kappa shape index (κ3) is 2.62. The first-order valence-electron chi connectivity index (χ1n) is 6.58. The molecule has 0 spiro atoms. The number of aromatic nitrogens is 2. The summed E-state index contributed by atoms with van der Waals surface area (Å²) < 4.78 is 11.4. The zero-order valence-electron chi connectivity index (χ0n) is 11.6. The molecular weight excluding hydrogens is 272 g/mol. The summed E-state index contributed by atoms with van der Waals surface area (Å²) >= 11 is 0. The van der Waals surface area contributed by atoms with E-state index in [1.807, 2.05) is 24.3 Å². The Hall–Kier alpha value is -2.70. The van der Waals surface area contributed by atoms with E-state index in [9.17, 15) is 4.79 Å². The number of rotatable bonds is 3. The van der Waals surface area contributed by atoms with Crippen LogP contribution in [0.5, 0.6) is 11.5 Å². The van der Waals surface area contributed by atoms with E-state index in [1.165, 1.54) is 11.1 Å². The van der Waals surface area contributed by atoms with Crippen molar-refractivity contribution in [1.82, 2.24) is 15.1 Å². The largest absolute Gasteiger partial charge is 0.486 e. The summed E-state index contributed by atoms with van der Waals surface area (Å²) in [6.07, 6.45) is 1.19. The van der Waals surface area contributed by atoms with Crippen molar-refractivity contribution in [2.75, 3.05) is 25.9 Å². The third-order valence-corrected chi connectivity index (χ3v) is 3.27. The zero-order chi connectivity index (χ0) is 14.8. The highest BCUT2D eigenvalue weighted by Gasteiger charge is 2.25. The summed E-state index contributed by atoms with van der Waals surface area (Å²) in [5.41, 5.74) is 6.30. The standard InChI is InChI=1S/C14H16N4O3/c1-18(14(19)13-10(15)6-16-17-13)7-9-8-20-11-4-2-3-5-12(11)21-9/h2-6,9H,7-8,15H2,1H3,(H,16,17). The van der Waals surface area contributed by atoms with Crippen LogP contribution in [-0.2, 0) is 0 Å². The van der Waals surface area contributed by atoms with Crippen molar-refractivity contribution < 1.29 is 14.3 Å². The molecule has 110 valence electrons. The van der Waals surface area contributed by atoms with Gasteiger partial charge in [-0.1, -0.05) is 12.1 Å². The van der Waals surface area contributed by atoms with Gasteiger partial charge in [-0.2, -0.15) is 5.10 Å². The van der Waals surface area contributed by atoms with Gasteiger partial charge in [0.25, 0.3) is 5.91 Å². The fraction of sp³-hybridized carbons (Fsp3) is 0.286. The number of nitrogens with one attached hydrogen (secondary N) is 1. The lowest BCUT2D eigenvalue weighted by Crippen LogP contribution is -2.42. The van der Waals surface area contributed by atoms with Gasteiger partial charge in [0.05, 0.1) is 18.4 Å². The van der Waals surface area contributed by atoms with Gasteiger partial charge in [-0.25, -0.2) is 0 Å². The number of hydrogen-bond donors (Lipinski definition) is 2. The van der Waals surface area contributed by atoms with Crippen LogP contribution in [0, 0.1) is 0 Å². The number of nitrogens with two attached hydrogens (primary N) is 1. The predicted octanol–water partition coefficient (Wildman–Crippen LogP) is 0.904. The van der Waals surface area contributed by atoms with Crippen LogP contribution < -0.4 is 15.2 Å². The summed E-state index contributed by atoms with van der Waals surface area (Å²) in [7, 11) is 1.69. The molecule has 0 radical (unpaired) electrons. The molecule has 1 unspecified atom stereocenters. The number of ether oxygens (including phenoxy) is 2. The van der Waals surface area contributed by atoms with Crippen LogP contribution in [0.1, 0.15) is 10.5 Å². The summed E-state index contributed by atoms with van der Waals surface area (Å²) in [6.45, 7) is 0.790. The minimum Gasteiger partial charge on any atom is -0.486 e. The lowest BCUT2D eigenvalue weighted by molar-refractivity contribution is 0.0518. The Morgan fingerprint density at radius 3 is 2.95 bits per heavy atom. The maximum Gasteiger partial charge on any atom is 0.273 e.